The first-order chi connectivity index (χ1) is 10.0. The van der Waals surface area contributed by atoms with E-state index in [1.165, 1.54) is 31.4 Å². The van der Waals surface area contributed by atoms with E-state index < -0.39 is 5.82 Å². The molecule has 0 radical (unpaired) electrons. The van der Waals surface area contributed by atoms with Gasteiger partial charge in [0.15, 0.2) is 11.6 Å². The third-order valence-electron chi connectivity index (χ3n) is 2.70. The van der Waals surface area contributed by atoms with Gasteiger partial charge >= 0.3 is 0 Å². The zero-order valence-electron chi connectivity index (χ0n) is 11.0. The van der Waals surface area contributed by atoms with E-state index >= 15 is 0 Å². The molecule has 0 spiro atoms. The maximum atomic E-state index is 13.5. The Balaban J connectivity index is 2.35. The molecule has 110 valence electrons. The molecule has 0 aliphatic rings. The average Bonchev–Trinajstić information content (AvgIpc) is 2.45. The Labute approximate surface area is 125 Å². The molecule has 0 atom stereocenters. The number of aliphatic hydroxyl groups excluding tert-OH is 1. The van der Waals surface area contributed by atoms with Crippen molar-refractivity contribution < 1.29 is 19.3 Å². The van der Waals surface area contributed by atoms with Gasteiger partial charge in [-0.2, -0.15) is 5.11 Å². The highest BCUT2D eigenvalue weighted by atomic mass is 35.5. The molecular weight excluding hydrogens is 299 g/mol. The molecule has 21 heavy (non-hydrogen) atoms. The number of benzene rings is 2. The first-order valence-corrected chi connectivity index (χ1v) is 6.30. The molecule has 2 N–H and O–H groups in total. The van der Waals surface area contributed by atoms with Crippen LogP contribution in [0.4, 0.5) is 15.8 Å². The highest BCUT2D eigenvalue weighted by Gasteiger charge is 2.09. The van der Waals surface area contributed by atoms with Gasteiger partial charge in [-0.3, -0.25) is 0 Å². The van der Waals surface area contributed by atoms with Crippen molar-refractivity contribution in [3.63, 3.8) is 0 Å². The zero-order chi connectivity index (χ0) is 15.4. The molecule has 0 bridgehead atoms. The molecule has 0 aromatic heterocycles. The number of rotatable bonds is 4. The van der Waals surface area contributed by atoms with E-state index in [2.05, 4.69) is 10.2 Å². The molecule has 7 heteroatoms. The summed E-state index contributed by atoms with van der Waals surface area (Å²) in [6.45, 7) is -0.362. The molecule has 0 saturated heterocycles. The lowest BCUT2D eigenvalue weighted by Gasteiger charge is -2.05. The van der Waals surface area contributed by atoms with Crippen LogP contribution < -0.4 is 4.74 Å². The lowest BCUT2D eigenvalue weighted by atomic mass is 10.2. The predicted octanol–water partition coefficient (Wildman–Crippen LogP) is 4.10. The van der Waals surface area contributed by atoms with Crippen LogP contribution in [0.15, 0.2) is 40.6 Å². The van der Waals surface area contributed by atoms with Gasteiger partial charge < -0.3 is 14.9 Å². The summed E-state index contributed by atoms with van der Waals surface area (Å²) >= 11 is 5.94. The van der Waals surface area contributed by atoms with Crippen molar-refractivity contribution in [3.05, 3.63) is 46.7 Å². The maximum Gasteiger partial charge on any atom is 0.167 e. The largest absolute Gasteiger partial charge is 0.508 e. The average molecular weight is 311 g/mol. The topological polar surface area (TPSA) is 74.4 Å². The fraction of sp³-hybridized carbons (Fsp3) is 0.143. The fourth-order valence-electron chi connectivity index (χ4n) is 1.70. The Morgan fingerprint density at radius 3 is 2.62 bits per heavy atom. The van der Waals surface area contributed by atoms with E-state index in [1.54, 1.807) is 0 Å². The monoisotopic (exact) mass is 310 g/mol. The number of azo groups is 1. The minimum Gasteiger partial charge on any atom is -0.508 e. The number of hydrogen-bond donors (Lipinski definition) is 2. The van der Waals surface area contributed by atoms with Crippen molar-refractivity contribution in [3.8, 4) is 11.5 Å². The Hall–Kier alpha value is -2.18. The molecule has 0 aliphatic carbocycles. The lowest BCUT2D eigenvalue weighted by molar-refractivity contribution is 0.281. The molecule has 0 fully saturated rings. The van der Waals surface area contributed by atoms with Crippen molar-refractivity contribution in [2.24, 2.45) is 10.2 Å². The molecule has 0 unspecified atom stereocenters. The van der Waals surface area contributed by atoms with E-state index in [0.29, 0.717) is 5.56 Å². The van der Waals surface area contributed by atoms with E-state index in [1.807, 2.05) is 0 Å². The second-order valence-electron chi connectivity index (χ2n) is 4.11. The van der Waals surface area contributed by atoms with Crippen LogP contribution in [0.2, 0.25) is 5.02 Å². The molecule has 2 rings (SSSR count). The van der Waals surface area contributed by atoms with Crippen LogP contribution in [0.5, 0.6) is 11.5 Å². The minimum absolute atomic E-state index is 0.0847. The minimum atomic E-state index is -0.562. The van der Waals surface area contributed by atoms with E-state index in [-0.39, 0.29) is 34.5 Å². The number of phenols is 1. The zero-order valence-corrected chi connectivity index (χ0v) is 11.8. The molecule has 2 aromatic rings. The Morgan fingerprint density at radius 2 is 2.00 bits per heavy atom. The van der Waals surface area contributed by atoms with Crippen LogP contribution >= 0.6 is 11.6 Å². The summed E-state index contributed by atoms with van der Waals surface area (Å²) in [4.78, 5) is 0. The number of nitrogens with zero attached hydrogens (tertiary/aromatic N) is 2. The van der Waals surface area contributed by atoms with Gasteiger partial charge in [-0.1, -0.05) is 11.6 Å². The third kappa shape index (κ3) is 3.48. The standard InChI is InChI=1S/C14H12ClFN2O3/c1-21-13-3-2-9(5-12(13)16)17-18-14-8(7-19)4-10(20)6-11(14)15/h2-6,19-20H,7H2,1H3. The van der Waals surface area contributed by atoms with Gasteiger partial charge in [-0.15, -0.1) is 5.11 Å². The second-order valence-corrected chi connectivity index (χ2v) is 4.52. The molecule has 0 heterocycles. The smallest absolute Gasteiger partial charge is 0.167 e. The number of ether oxygens (including phenoxy) is 1. The summed E-state index contributed by atoms with van der Waals surface area (Å²) < 4.78 is 18.3. The number of hydrogen-bond acceptors (Lipinski definition) is 5. The molecule has 0 amide bonds. The molecule has 0 saturated carbocycles. The molecular formula is C14H12ClFN2O3. The Morgan fingerprint density at radius 1 is 1.24 bits per heavy atom. The summed E-state index contributed by atoms with van der Waals surface area (Å²) in [5, 5.41) is 26.5. The van der Waals surface area contributed by atoms with Gasteiger partial charge in [0.2, 0.25) is 0 Å². The lowest BCUT2D eigenvalue weighted by Crippen LogP contribution is -1.86. The van der Waals surface area contributed by atoms with Gasteiger partial charge in [0.1, 0.15) is 11.4 Å². The molecule has 0 aliphatic heterocycles. The molecule has 2 aromatic carbocycles. The highest BCUT2D eigenvalue weighted by Crippen LogP contribution is 2.34. The van der Waals surface area contributed by atoms with Crippen LogP contribution in [-0.2, 0) is 6.61 Å². The summed E-state index contributed by atoms with van der Waals surface area (Å²) in [6.07, 6.45) is 0. The van der Waals surface area contributed by atoms with Gasteiger partial charge in [0.05, 0.1) is 24.4 Å². The Kier molecular flexibility index (Phi) is 4.72. The fourth-order valence-corrected chi connectivity index (χ4v) is 1.97. The maximum absolute atomic E-state index is 13.5. The summed E-state index contributed by atoms with van der Waals surface area (Å²) in [5.74, 6) is -0.542. The van der Waals surface area contributed by atoms with Crippen molar-refractivity contribution in [1.29, 1.82) is 0 Å². The van der Waals surface area contributed by atoms with Crippen molar-refractivity contribution in [1.82, 2.24) is 0 Å². The Bertz CT molecular complexity index is 692. The van der Waals surface area contributed by atoms with Gasteiger partial charge in [0.25, 0.3) is 0 Å². The number of halogens is 2. The normalized spacial score (nSPS) is 11.0. The van der Waals surface area contributed by atoms with Crippen molar-refractivity contribution >= 4 is 23.0 Å². The van der Waals surface area contributed by atoms with E-state index in [0.717, 1.165) is 6.07 Å². The summed E-state index contributed by atoms with van der Waals surface area (Å²) in [5.41, 5.74) is 0.798. The first-order valence-electron chi connectivity index (χ1n) is 5.92. The van der Waals surface area contributed by atoms with Crippen LogP contribution in [-0.4, -0.2) is 17.3 Å². The van der Waals surface area contributed by atoms with E-state index in [4.69, 9.17) is 16.3 Å². The van der Waals surface area contributed by atoms with Crippen LogP contribution in [0.3, 0.4) is 0 Å². The number of aliphatic hydroxyl groups is 1. The van der Waals surface area contributed by atoms with Crippen LogP contribution in [0.1, 0.15) is 5.56 Å². The SMILES string of the molecule is COc1ccc(N=Nc2c(Cl)cc(O)cc2CO)cc1F. The highest BCUT2D eigenvalue weighted by molar-refractivity contribution is 6.33. The first kappa shape index (κ1) is 15.2. The second kappa shape index (κ2) is 6.51. The quantitative estimate of drug-likeness (QED) is 0.835. The summed E-state index contributed by atoms with van der Waals surface area (Å²) in [6, 6.07) is 6.72. The summed E-state index contributed by atoms with van der Waals surface area (Å²) in [7, 11) is 1.36. The van der Waals surface area contributed by atoms with Crippen molar-refractivity contribution in [2.75, 3.05) is 7.11 Å². The van der Waals surface area contributed by atoms with Gasteiger partial charge in [-0.25, -0.2) is 4.39 Å². The number of aromatic hydroxyl groups is 1. The van der Waals surface area contributed by atoms with Gasteiger partial charge in [-0.05, 0) is 18.2 Å². The number of phenolic OH excluding ortho intramolecular Hbond substituents is 1. The predicted molar refractivity (Wildman–Crippen MR) is 76.2 cm³/mol. The van der Waals surface area contributed by atoms with E-state index in [9.17, 15) is 14.6 Å². The van der Waals surface area contributed by atoms with Crippen molar-refractivity contribution in [2.45, 2.75) is 6.61 Å². The number of methoxy groups -OCH3 is 1. The third-order valence-corrected chi connectivity index (χ3v) is 2.99. The van der Waals surface area contributed by atoms with Crippen LogP contribution in [0, 0.1) is 5.82 Å². The van der Waals surface area contributed by atoms with Gasteiger partial charge in [0, 0.05) is 17.7 Å². The molecule has 5 nitrogen and oxygen atoms in total. The van der Waals surface area contributed by atoms with Crippen LogP contribution in [0.25, 0.3) is 0 Å².